The second kappa shape index (κ2) is 12.6. The first kappa shape index (κ1) is 25.1. The lowest BCUT2D eigenvalue weighted by Crippen LogP contribution is -2.45. The number of hydrogen-bond donors (Lipinski definition) is 3. The van der Waals surface area contributed by atoms with Crippen LogP contribution in [0.15, 0.2) is 42.5 Å². The van der Waals surface area contributed by atoms with Crippen molar-refractivity contribution in [1.82, 2.24) is 10.6 Å². The molecular weight excluding hydrogens is 432 g/mol. The Morgan fingerprint density at radius 1 is 0.939 bits per heavy atom. The summed E-state index contributed by atoms with van der Waals surface area (Å²) in [6.07, 6.45) is 1.56. The Morgan fingerprint density at radius 3 is 2.12 bits per heavy atom. The molecule has 0 heterocycles. The highest BCUT2D eigenvalue weighted by molar-refractivity contribution is 5.84. The van der Waals surface area contributed by atoms with Gasteiger partial charge >= 0.3 is 12.2 Å². The summed E-state index contributed by atoms with van der Waals surface area (Å²) in [4.78, 5) is 33.9. The third kappa shape index (κ3) is 8.82. The van der Waals surface area contributed by atoms with Gasteiger partial charge in [-0.25, -0.2) is 9.59 Å². The van der Waals surface area contributed by atoms with Crippen LogP contribution in [0.3, 0.4) is 0 Å². The maximum atomic E-state index is 11.8. The topological polar surface area (TPSA) is 132 Å². The van der Waals surface area contributed by atoms with E-state index in [1.807, 2.05) is 29.6 Å². The predicted molar refractivity (Wildman–Crippen MR) is 121 cm³/mol. The number of hydrogen-bond acceptors (Lipinski definition) is 7. The molecule has 0 fully saturated rings. The molecule has 176 valence electrons. The van der Waals surface area contributed by atoms with Gasteiger partial charge in [-0.1, -0.05) is 24.3 Å². The van der Waals surface area contributed by atoms with Gasteiger partial charge in [0.1, 0.15) is 29.9 Å². The van der Waals surface area contributed by atoms with Gasteiger partial charge in [-0.3, -0.25) is 4.79 Å². The van der Waals surface area contributed by atoms with E-state index >= 15 is 0 Å². The fraction of sp³-hybridized carbons (Fsp3) is 0.261. The monoisotopic (exact) mass is 458 g/mol. The Kier molecular flexibility index (Phi) is 9.56. The lowest BCUT2D eigenvalue weighted by molar-refractivity contribution is -0.122. The molecule has 2 rings (SSSR count). The molecule has 2 aromatic rings. The van der Waals surface area contributed by atoms with Crippen molar-refractivity contribution >= 4 is 30.3 Å². The van der Waals surface area contributed by atoms with E-state index in [0.29, 0.717) is 17.2 Å². The molecule has 10 heteroatoms. The number of carbonyl (C=O) groups is 3. The van der Waals surface area contributed by atoms with Crippen molar-refractivity contribution in [2.45, 2.75) is 13.0 Å². The van der Waals surface area contributed by atoms with Gasteiger partial charge in [0, 0.05) is 6.07 Å². The van der Waals surface area contributed by atoms with Gasteiger partial charge in [0.05, 0.1) is 20.8 Å². The van der Waals surface area contributed by atoms with E-state index in [-0.39, 0.29) is 13.2 Å². The molecule has 0 bridgehead atoms. The van der Waals surface area contributed by atoms with Crippen molar-refractivity contribution in [1.29, 1.82) is 0 Å². The Morgan fingerprint density at radius 2 is 1.55 bits per heavy atom. The summed E-state index contributed by atoms with van der Waals surface area (Å²) in [5.74, 6) is 1.12. The quantitative estimate of drug-likeness (QED) is 0.214. The van der Waals surface area contributed by atoms with Gasteiger partial charge in [0.25, 0.3) is 0 Å². The molecule has 10 nitrogen and oxygen atoms in total. The molecule has 0 spiro atoms. The Labute approximate surface area is 191 Å². The normalized spacial score (nSPS) is 11.4. The molecule has 2 amide bonds. The third-order valence-electron chi connectivity index (χ3n) is 4.28. The van der Waals surface area contributed by atoms with E-state index in [0.717, 1.165) is 11.1 Å². The molecule has 2 aromatic carbocycles. The van der Waals surface area contributed by atoms with Crippen LogP contribution in [-0.4, -0.2) is 56.7 Å². The molecule has 0 radical (unpaired) electrons. The fourth-order valence-corrected chi connectivity index (χ4v) is 2.60. The lowest BCUT2D eigenvalue weighted by atomic mass is 10.1. The largest absolute Gasteiger partial charge is 0.513 e. The Balaban J connectivity index is 1.80. The number of nitrogens with one attached hydrogen (secondary N) is 2. The summed E-state index contributed by atoms with van der Waals surface area (Å²) in [6.45, 7) is 1.28. The first-order chi connectivity index (χ1) is 15.8. The van der Waals surface area contributed by atoms with Crippen molar-refractivity contribution in [3.8, 4) is 17.2 Å². The Bertz CT molecular complexity index is 966. The van der Waals surface area contributed by atoms with E-state index in [1.54, 1.807) is 44.6 Å². The standard InChI is InChI=1S/C23H26N2O8/c1-15(25-22(27)28)21(26)24-10-11-32-23(29)33-18-8-6-16(7-9-18)4-5-17-12-19(30-2)14-20(13-17)31-3/h4-9,12-15,25H,10-11H2,1-3H3,(H,24,26)(H,27,28)/b5-4+. The minimum atomic E-state index is -1.31. The number of ether oxygens (including phenoxy) is 4. The van der Waals surface area contributed by atoms with Crippen LogP contribution in [0.1, 0.15) is 18.1 Å². The van der Waals surface area contributed by atoms with Crippen molar-refractivity contribution in [3.63, 3.8) is 0 Å². The second-order valence-electron chi connectivity index (χ2n) is 6.71. The maximum Gasteiger partial charge on any atom is 0.513 e. The average Bonchev–Trinajstić information content (AvgIpc) is 2.80. The summed E-state index contributed by atoms with van der Waals surface area (Å²) >= 11 is 0. The highest BCUT2D eigenvalue weighted by Gasteiger charge is 2.14. The molecule has 0 aliphatic rings. The summed E-state index contributed by atoms with van der Waals surface area (Å²) in [7, 11) is 3.17. The number of methoxy groups -OCH3 is 2. The molecule has 0 saturated carbocycles. The van der Waals surface area contributed by atoms with Crippen molar-refractivity contribution in [2.75, 3.05) is 27.4 Å². The summed E-state index contributed by atoms with van der Waals surface area (Å²) in [6, 6.07) is 11.4. The van der Waals surface area contributed by atoms with Crippen LogP contribution < -0.4 is 24.8 Å². The Hall–Kier alpha value is -4.21. The van der Waals surface area contributed by atoms with E-state index in [4.69, 9.17) is 24.1 Å². The maximum absolute atomic E-state index is 11.8. The number of benzene rings is 2. The van der Waals surface area contributed by atoms with Crippen molar-refractivity contribution < 1.29 is 38.4 Å². The summed E-state index contributed by atoms with van der Waals surface area (Å²) < 4.78 is 20.5. The molecule has 0 aliphatic heterocycles. The zero-order chi connectivity index (χ0) is 24.2. The first-order valence-corrected chi connectivity index (χ1v) is 9.93. The lowest BCUT2D eigenvalue weighted by Gasteiger charge is -2.12. The summed E-state index contributed by atoms with van der Waals surface area (Å²) in [5, 5.41) is 13.0. The molecule has 1 atom stereocenters. The van der Waals surface area contributed by atoms with Crippen LogP contribution in [0.2, 0.25) is 0 Å². The fourth-order valence-electron chi connectivity index (χ4n) is 2.60. The second-order valence-corrected chi connectivity index (χ2v) is 6.71. The highest BCUT2D eigenvalue weighted by atomic mass is 16.7. The van der Waals surface area contributed by atoms with Gasteiger partial charge in [-0.05, 0) is 42.3 Å². The van der Waals surface area contributed by atoms with Crippen molar-refractivity contribution in [2.24, 2.45) is 0 Å². The van der Waals surface area contributed by atoms with Gasteiger partial charge in [-0.15, -0.1) is 0 Å². The predicted octanol–water partition coefficient (Wildman–Crippen LogP) is 3.16. The zero-order valence-electron chi connectivity index (χ0n) is 18.5. The van der Waals surface area contributed by atoms with E-state index in [2.05, 4.69) is 5.32 Å². The molecular formula is C23H26N2O8. The third-order valence-corrected chi connectivity index (χ3v) is 4.28. The molecule has 0 saturated heterocycles. The minimum Gasteiger partial charge on any atom is -0.497 e. The summed E-state index contributed by atoms with van der Waals surface area (Å²) in [5.41, 5.74) is 1.78. The van der Waals surface area contributed by atoms with Crippen LogP contribution in [0, 0.1) is 0 Å². The number of amides is 2. The molecule has 0 aromatic heterocycles. The van der Waals surface area contributed by atoms with Gasteiger partial charge < -0.3 is 34.7 Å². The molecule has 33 heavy (non-hydrogen) atoms. The molecule has 0 aliphatic carbocycles. The smallest absolute Gasteiger partial charge is 0.497 e. The SMILES string of the molecule is COc1cc(/C=C/c2ccc(OC(=O)OCCNC(=O)C(C)NC(=O)O)cc2)cc(OC)c1. The average molecular weight is 458 g/mol. The van der Waals surface area contributed by atoms with Crippen LogP contribution in [0.5, 0.6) is 17.2 Å². The van der Waals surface area contributed by atoms with Crippen LogP contribution in [0.25, 0.3) is 12.2 Å². The molecule has 3 N–H and O–H groups in total. The zero-order valence-corrected chi connectivity index (χ0v) is 18.5. The van der Waals surface area contributed by atoms with Crippen molar-refractivity contribution in [3.05, 3.63) is 53.6 Å². The van der Waals surface area contributed by atoms with Gasteiger partial charge in [0.2, 0.25) is 5.91 Å². The number of rotatable bonds is 10. The van der Waals surface area contributed by atoms with E-state index in [9.17, 15) is 14.4 Å². The minimum absolute atomic E-state index is 0.0123. The van der Waals surface area contributed by atoms with Gasteiger partial charge in [0.15, 0.2) is 0 Å². The van der Waals surface area contributed by atoms with E-state index in [1.165, 1.54) is 6.92 Å². The van der Waals surface area contributed by atoms with Gasteiger partial charge in [-0.2, -0.15) is 0 Å². The number of carbonyl (C=O) groups excluding carboxylic acids is 2. The molecule has 1 unspecified atom stereocenters. The van der Waals surface area contributed by atoms with Crippen LogP contribution >= 0.6 is 0 Å². The van der Waals surface area contributed by atoms with Crippen LogP contribution in [-0.2, 0) is 9.53 Å². The first-order valence-electron chi connectivity index (χ1n) is 9.93. The van der Waals surface area contributed by atoms with Crippen LogP contribution in [0.4, 0.5) is 9.59 Å². The van der Waals surface area contributed by atoms with E-state index < -0.39 is 24.2 Å². The number of carboxylic acid groups (broad SMARTS) is 1. The highest BCUT2D eigenvalue weighted by Crippen LogP contribution is 2.24.